The molecule has 4 N–H and O–H groups in total. The molecule has 8 nitrogen and oxygen atoms in total. The van der Waals surface area contributed by atoms with E-state index in [0.717, 1.165) is 22.3 Å². The van der Waals surface area contributed by atoms with Crippen molar-refractivity contribution in [2.45, 2.75) is 59.9 Å². The summed E-state index contributed by atoms with van der Waals surface area (Å²) in [4.78, 5) is 0.582. The number of benzene rings is 2. The largest absolute Gasteiger partial charge is 0.399 e. The average Bonchev–Trinajstić information content (AvgIpc) is 3.61. The van der Waals surface area contributed by atoms with Crippen LogP contribution in [0.25, 0.3) is 0 Å². The zero-order valence-corrected chi connectivity index (χ0v) is 19.1. The molecule has 4 atom stereocenters. The maximum Gasteiger partial charge on any atom is 0.207 e. The van der Waals surface area contributed by atoms with Crippen LogP contribution in [0.2, 0.25) is 0 Å². The molecule has 0 radical (unpaired) electrons. The SMILES string of the molecule is Nc1ccc(S(=O)(=O)c2c(CC3CO3)c(CC3CO3)c(N)c(CC3CO3)c2CC2CO2)cc1. The van der Waals surface area contributed by atoms with Gasteiger partial charge >= 0.3 is 0 Å². The third-order valence-corrected chi connectivity index (χ3v) is 8.65. The number of ether oxygens (including phenoxy) is 4. The van der Waals surface area contributed by atoms with Crippen LogP contribution in [0.1, 0.15) is 22.3 Å². The Morgan fingerprint density at radius 2 is 1.03 bits per heavy atom. The lowest BCUT2D eigenvalue weighted by atomic mass is 9.87. The maximum absolute atomic E-state index is 14.2. The number of sulfone groups is 1. The first-order valence-corrected chi connectivity index (χ1v) is 12.9. The molecule has 4 unspecified atom stereocenters. The van der Waals surface area contributed by atoms with E-state index in [1.54, 1.807) is 24.3 Å². The van der Waals surface area contributed by atoms with E-state index in [0.29, 0.717) is 68.4 Å². The Bertz CT molecular complexity index is 1130. The quantitative estimate of drug-likeness (QED) is 0.392. The summed E-state index contributed by atoms with van der Waals surface area (Å²) in [5, 5.41) is 0. The fourth-order valence-corrected chi connectivity index (χ4v) is 6.40. The highest BCUT2D eigenvalue weighted by Gasteiger charge is 2.39. The Labute approximate surface area is 193 Å². The predicted octanol–water partition coefficient (Wildman–Crippen LogP) is 1.45. The van der Waals surface area contributed by atoms with Crippen molar-refractivity contribution in [3.8, 4) is 0 Å². The zero-order chi connectivity index (χ0) is 22.7. The Balaban J connectivity index is 1.59. The fraction of sp³-hybridized carbons (Fsp3) is 0.500. The van der Waals surface area contributed by atoms with E-state index >= 15 is 0 Å². The number of anilines is 2. The minimum atomic E-state index is -3.85. The third-order valence-electron chi connectivity index (χ3n) is 6.72. The Morgan fingerprint density at radius 1 is 0.667 bits per heavy atom. The third kappa shape index (κ3) is 4.48. The van der Waals surface area contributed by atoms with Gasteiger partial charge in [-0.1, -0.05) is 0 Å². The molecule has 4 heterocycles. The molecule has 0 aliphatic carbocycles. The van der Waals surface area contributed by atoms with E-state index in [1.165, 1.54) is 0 Å². The average molecular weight is 473 g/mol. The summed E-state index contributed by atoms with van der Waals surface area (Å²) in [6.45, 7) is 2.58. The number of nitrogens with two attached hydrogens (primary N) is 2. The monoisotopic (exact) mass is 472 g/mol. The van der Waals surface area contributed by atoms with Gasteiger partial charge in [0.15, 0.2) is 0 Å². The van der Waals surface area contributed by atoms with Crippen molar-refractivity contribution in [1.29, 1.82) is 0 Å². The van der Waals surface area contributed by atoms with Gasteiger partial charge in [-0.2, -0.15) is 0 Å². The number of hydrogen-bond acceptors (Lipinski definition) is 8. The molecule has 4 aliphatic rings. The van der Waals surface area contributed by atoms with Crippen LogP contribution in [0.15, 0.2) is 34.1 Å². The van der Waals surface area contributed by atoms with Crippen LogP contribution in [0.5, 0.6) is 0 Å². The van der Waals surface area contributed by atoms with Crippen LogP contribution in [0, 0.1) is 0 Å². The molecule has 2 aromatic carbocycles. The summed E-state index contributed by atoms with van der Waals surface area (Å²) in [7, 11) is -3.85. The van der Waals surface area contributed by atoms with Crippen LogP contribution in [0.4, 0.5) is 11.4 Å². The number of hydrogen-bond donors (Lipinski definition) is 2. The number of rotatable bonds is 10. The van der Waals surface area contributed by atoms with Crippen molar-refractivity contribution in [2.75, 3.05) is 37.9 Å². The first-order chi connectivity index (χ1) is 15.9. The van der Waals surface area contributed by atoms with Crippen molar-refractivity contribution in [3.05, 3.63) is 46.5 Å². The van der Waals surface area contributed by atoms with Crippen molar-refractivity contribution in [3.63, 3.8) is 0 Å². The van der Waals surface area contributed by atoms with Crippen LogP contribution in [-0.4, -0.2) is 59.3 Å². The zero-order valence-electron chi connectivity index (χ0n) is 18.3. The van der Waals surface area contributed by atoms with Gasteiger partial charge in [0.05, 0.1) is 60.6 Å². The molecule has 0 amide bonds. The standard InChI is InChI=1S/C24H28N2O6S/c25-13-1-3-18(4-2-13)33(27,28)24-21(7-16-11-31-16)19(5-14-9-29-14)23(26)20(6-15-10-30-15)22(24)8-17-12-32-17/h1-4,14-17H,5-12,25-26H2. The highest BCUT2D eigenvalue weighted by molar-refractivity contribution is 7.91. The van der Waals surface area contributed by atoms with Crippen molar-refractivity contribution < 1.29 is 27.4 Å². The van der Waals surface area contributed by atoms with Crippen molar-refractivity contribution >= 4 is 21.2 Å². The fourth-order valence-electron chi connectivity index (χ4n) is 4.61. The summed E-state index contributed by atoms with van der Waals surface area (Å²) in [6, 6.07) is 6.39. The lowest BCUT2D eigenvalue weighted by Crippen LogP contribution is -2.21. The second-order valence-corrected chi connectivity index (χ2v) is 11.3. The first kappa shape index (κ1) is 21.4. The molecule has 0 bridgehead atoms. The highest BCUT2D eigenvalue weighted by Crippen LogP contribution is 2.42. The second kappa shape index (κ2) is 7.95. The van der Waals surface area contributed by atoms with Gasteiger partial charge in [0, 0.05) is 37.1 Å². The van der Waals surface area contributed by atoms with Gasteiger partial charge in [0.25, 0.3) is 0 Å². The molecular weight excluding hydrogens is 444 g/mol. The van der Waals surface area contributed by atoms with Gasteiger partial charge in [-0.05, 0) is 46.5 Å². The maximum atomic E-state index is 14.2. The van der Waals surface area contributed by atoms with E-state index in [9.17, 15) is 8.42 Å². The molecule has 9 heteroatoms. The van der Waals surface area contributed by atoms with Gasteiger partial charge in [0.2, 0.25) is 9.84 Å². The summed E-state index contributed by atoms with van der Waals surface area (Å²) in [6.07, 6.45) is 2.36. The van der Waals surface area contributed by atoms with Gasteiger partial charge in [-0.3, -0.25) is 0 Å². The molecule has 33 heavy (non-hydrogen) atoms. The molecule has 6 rings (SSSR count). The number of nitrogen functional groups attached to an aromatic ring is 2. The summed E-state index contributed by atoms with van der Waals surface area (Å²) < 4.78 is 50.4. The molecule has 176 valence electrons. The first-order valence-electron chi connectivity index (χ1n) is 11.4. The van der Waals surface area contributed by atoms with E-state index in [1.807, 2.05) is 0 Å². The van der Waals surface area contributed by atoms with E-state index in [2.05, 4.69) is 0 Å². The Kier molecular flexibility index (Phi) is 5.15. The summed E-state index contributed by atoms with van der Waals surface area (Å²) in [5.74, 6) is 0. The molecular formula is C24H28N2O6S. The van der Waals surface area contributed by atoms with E-state index in [-0.39, 0.29) is 29.3 Å². The summed E-state index contributed by atoms with van der Waals surface area (Å²) >= 11 is 0. The minimum absolute atomic E-state index is 0.00581. The molecule has 4 aliphatic heterocycles. The predicted molar refractivity (Wildman–Crippen MR) is 121 cm³/mol. The van der Waals surface area contributed by atoms with Gasteiger partial charge < -0.3 is 30.4 Å². The van der Waals surface area contributed by atoms with Gasteiger partial charge in [0.1, 0.15) is 0 Å². The molecule has 0 spiro atoms. The van der Waals surface area contributed by atoms with E-state index in [4.69, 9.17) is 30.4 Å². The Hall–Kier alpha value is -2.17. The topological polar surface area (TPSA) is 136 Å². The minimum Gasteiger partial charge on any atom is -0.399 e. The molecule has 2 aromatic rings. The van der Waals surface area contributed by atoms with E-state index < -0.39 is 9.84 Å². The smallest absolute Gasteiger partial charge is 0.207 e. The summed E-state index contributed by atoms with van der Waals surface area (Å²) in [5.41, 5.74) is 17.1. The molecule has 4 fully saturated rings. The lowest BCUT2D eigenvalue weighted by molar-refractivity contribution is 0.396. The van der Waals surface area contributed by atoms with Crippen LogP contribution in [0.3, 0.4) is 0 Å². The van der Waals surface area contributed by atoms with Gasteiger partial charge in [-0.25, -0.2) is 8.42 Å². The highest BCUT2D eigenvalue weighted by atomic mass is 32.2. The van der Waals surface area contributed by atoms with Gasteiger partial charge in [-0.15, -0.1) is 0 Å². The molecule has 4 saturated heterocycles. The molecule has 0 aromatic heterocycles. The van der Waals surface area contributed by atoms with Crippen LogP contribution in [-0.2, 0) is 54.5 Å². The van der Waals surface area contributed by atoms with Crippen molar-refractivity contribution in [2.24, 2.45) is 0 Å². The van der Waals surface area contributed by atoms with Crippen LogP contribution < -0.4 is 11.5 Å². The number of epoxide rings is 4. The lowest BCUT2D eigenvalue weighted by Gasteiger charge is -2.25. The normalized spacial score (nSPS) is 27.4. The van der Waals surface area contributed by atoms with Crippen LogP contribution >= 0.6 is 0 Å². The van der Waals surface area contributed by atoms with Crippen molar-refractivity contribution in [1.82, 2.24) is 0 Å². The Morgan fingerprint density at radius 3 is 1.39 bits per heavy atom. The molecule has 0 saturated carbocycles. The second-order valence-electron chi connectivity index (χ2n) is 9.37.